The van der Waals surface area contributed by atoms with E-state index < -0.39 is 0 Å². The molecule has 4 aromatic rings. The summed E-state index contributed by atoms with van der Waals surface area (Å²) >= 11 is 6.07. The van der Waals surface area contributed by atoms with Gasteiger partial charge in [0.2, 0.25) is 0 Å². The van der Waals surface area contributed by atoms with E-state index in [1.165, 1.54) is 6.07 Å². The van der Waals surface area contributed by atoms with Gasteiger partial charge in [0.15, 0.2) is 11.6 Å². The Hall–Kier alpha value is -2.92. The van der Waals surface area contributed by atoms with Crippen LogP contribution in [0.15, 0.2) is 65.3 Å². The van der Waals surface area contributed by atoms with Crippen LogP contribution in [0.3, 0.4) is 0 Å². The lowest BCUT2D eigenvalue weighted by atomic mass is 10.2. The zero-order valence-electron chi connectivity index (χ0n) is 12.3. The fourth-order valence-electron chi connectivity index (χ4n) is 2.40. The SMILES string of the molecule is Fc1ccccc1Nc1nc(-c2ccco2)nc2cc(Cl)ccc12. The van der Waals surface area contributed by atoms with Crippen LogP contribution in [0.1, 0.15) is 0 Å². The number of furan rings is 1. The van der Waals surface area contributed by atoms with E-state index in [9.17, 15) is 4.39 Å². The summed E-state index contributed by atoms with van der Waals surface area (Å²) in [6.45, 7) is 0. The van der Waals surface area contributed by atoms with Crippen molar-refractivity contribution in [3.05, 3.63) is 71.7 Å². The van der Waals surface area contributed by atoms with Crippen LogP contribution in [0, 0.1) is 5.82 Å². The highest BCUT2D eigenvalue weighted by atomic mass is 35.5. The molecule has 0 saturated heterocycles. The molecule has 0 aliphatic heterocycles. The molecule has 2 aromatic heterocycles. The lowest BCUT2D eigenvalue weighted by molar-refractivity contribution is 0.577. The highest BCUT2D eigenvalue weighted by Gasteiger charge is 2.13. The predicted octanol–water partition coefficient (Wildman–Crippen LogP) is 5.43. The van der Waals surface area contributed by atoms with Gasteiger partial charge in [-0.2, -0.15) is 0 Å². The smallest absolute Gasteiger partial charge is 0.198 e. The molecule has 2 aromatic carbocycles. The van der Waals surface area contributed by atoms with Crippen molar-refractivity contribution in [1.82, 2.24) is 9.97 Å². The van der Waals surface area contributed by atoms with Gasteiger partial charge in [0, 0.05) is 10.4 Å². The number of anilines is 2. The summed E-state index contributed by atoms with van der Waals surface area (Å²) in [6.07, 6.45) is 1.55. The van der Waals surface area contributed by atoms with E-state index in [0.29, 0.717) is 33.6 Å². The number of fused-ring (bicyclic) bond motifs is 1. The number of rotatable bonds is 3. The van der Waals surface area contributed by atoms with Gasteiger partial charge >= 0.3 is 0 Å². The lowest BCUT2D eigenvalue weighted by Crippen LogP contribution is -2.00. The van der Waals surface area contributed by atoms with Gasteiger partial charge in [-0.15, -0.1) is 0 Å². The van der Waals surface area contributed by atoms with Crippen molar-refractivity contribution in [3.63, 3.8) is 0 Å². The summed E-state index contributed by atoms with van der Waals surface area (Å²) < 4.78 is 19.3. The second kappa shape index (κ2) is 5.94. The second-order valence-corrected chi connectivity index (χ2v) is 5.58. The Balaban J connectivity index is 1.91. The van der Waals surface area contributed by atoms with Crippen molar-refractivity contribution in [1.29, 1.82) is 0 Å². The largest absolute Gasteiger partial charge is 0.461 e. The number of benzene rings is 2. The van der Waals surface area contributed by atoms with Gasteiger partial charge in [-0.25, -0.2) is 14.4 Å². The Morgan fingerprint density at radius 2 is 1.88 bits per heavy atom. The first kappa shape index (κ1) is 14.7. The fraction of sp³-hybridized carbons (Fsp3) is 0. The van der Waals surface area contributed by atoms with E-state index in [1.807, 2.05) is 0 Å². The van der Waals surface area contributed by atoms with Crippen molar-refractivity contribution in [2.45, 2.75) is 0 Å². The van der Waals surface area contributed by atoms with Crippen LogP contribution >= 0.6 is 11.6 Å². The monoisotopic (exact) mass is 339 g/mol. The standard InChI is InChI=1S/C18H11ClFN3O/c19-11-7-8-12-15(10-11)22-18(16-6-3-9-24-16)23-17(12)21-14-5-2-1-4-13(14)20/h1-10H,(H,21,22,23). The highest BCUT2D eigenvalue weighted by molar-refractivity contribution is 6.31. The molecule has 0 aliphatic rings. The van der Waals surface area contributed by atoms with Crippen LogP contribution in [-0.4, -0.2) is 9.97 Å². The topological polar surface area (TPSA) is 51.0 Å². The molecule has 0 aliphatic carbocycles. The number of hydrogen-bond acceptors (Lipinski definition) is 4. The quantitative estimate of drug-likeness (QED) is 0.541. The molecular formula is C18H11ClFN3O. The van der Waals surface area contributed by atoms with Crippen molar-refractivity contribution in [2.75, 3.05) is 5.32 Å². The average Bonchev–Trinajstić information content (AvgIpc) is 3.11. The first-order chi connectivity index (χ1) is 11.7. The summed E-state index contributed by atoms with van der Waals surface area (Å²) in [4.78, 5) is 8.96. The summed E-state index contributed by atoms with van der Waals surface area (Å²) in [5.74, 6) is 1.04. The fourth-order valence-corrected chi connectivity index (χ4v) is 2.57. The lowest BCUT2D eigenvalue weighted by Gasteiger charge is -2.11. The molecule has 0 saturated carbocycles. The van der Waals surface area contributed by atoms with Gasteiger partial charge < -0.3 is 9.73 Å². The molecule has 0 bridgehead atoms. The van der Waals surface area contributed by atoms with Crippen LogP contribution in [0.25, 0.3) is 22.5 Å². The van der Waals surface area contributed by atoms with E-state index in [2.05, 4.69) is 15.3 Å². The first-order valence-corrected chi connectivity index (χ1v) is 7.61. The zero-order chi connectivity index (χ0) is 16.5. The van der Waals surface area contributed by atoms with E-state index in [0.717, 1.165) is 5.39 Å². The van der Waals surface area contributed by atoms with Crippen LogP contribution in [0.2, 0.25) is 5.02 Å². The highest BCUT2D eigenvalue weighted by Crippen LogP contribution is 2.29. The maximum atomic E-state index is 14.0. The minimum Gasteiger partial charge on any atom is -0.461 e. The number of nitrogens with one attached hydrogen (secondary N) is 1. The van der Waals surface area contributed by atoms with E-state index >= 15 is 0 Å². The van der Waals surface area contributed by atoms with Crippen LogP contribution < -0.4 is 5.32 Å². The van der Waals surface area contributed by atoms with E-state index in [1.54, 1.807) is 54.8 Å². The molecule has 0 amide bonds. The number of halogens is 2. The minimum atomic E-state index is -0.363. The summed E-state index contributed by atoms with van der Waals surface area (Å²) in [6, 6.07) is 15.2. The molecule has 0 atom stereocenters. The normalized spacial score (nSPS) is 10.9. The number of hydrogen-bond donors (Lipinski definition) is 1. The maximum Gasteiger partial charge on any atom is 0.198 e. The van der Waals surface area contributed by atoms with E-state index in [-0.39, 0.29) is 5.82 Å². The first-order valence-electron chi connectivity index (χ1n) is 7.23. The van der Waals surface area contributed by atoms with Gasteiger partial charge in [0.25, 0.3) is 0 Å². The summed E-state index contributed by atoms with van der Waals surface area (Å²) in [5.41, 5.74) is 0.973. The molecule has 4 nitrogen and oxygen atoms in total. The van der Waals surface area contributed by atoms with Crippen LogP contribution in [0.4, 0.5) is 15.9 Å². The van der Waals surface area contributed by atoms with Crippen LogP contribution in [0.5, 0.6) is 0 Å². The number of aromatic nitrogens is 2. The third kappa shape index (κ3) is 2.70. The molecule has 1 N–H and O–H groups in total. The molecule has 118 valence electrons. The number of nitrogens with zero attached hydrogens (tertiary/aromatic N) is 2. The number of para-hydroxylation sites is 1. The molecule has 6 heteroatoms. The predicted molar refractivity (Wildman–Crippen MR) is 91.9 cm³/mol. The Bertz CT molecular complexity index is 1020. The maximum absolute atomic E-state index is 14.0. The molecule has 24 heavy (non-hydrogen) atoms. The van der Waals surface area contributed by atoms with Gasteiger partial charge in [-0.1, -0.05) is 23.7 Å². The Labute approximate surface area is 141 Å². The molecule has 4 rings (SSSR count). The zero-order valence-corrected chi connectivity index (χ0v) is 13.1. The van der Waals surface area contributed by atoms with Gasteiger partial charge in [-0.05, 0) is 42.5 Å². The third-order valence-electron chi connectivity index (χ3n) is 3.53. The Morgan fingerprint density at radius 1 is 1.00 bits per heavy atom. The summed E-state index contributed by atoms with van der Waals surface area (Å²) in [5, 5.41) is 4.32. The molecule has 2 heterocycles. The average molecular weight is 340 g/mol. The molecule has 0 spiro atoms. The van der Waals surface area contributed by atoms with E-state index in [4.69, 9.17) is 16.0 Å². The molecular weight excluding hydrogens is 329 g/mol. The van der Waals surface area contributed by atoms with Gasteiger partial charge in [-0.3, -0.25) is 0 Å². The van der Waals surface area contributed by atoms with Crippen molar-refractivity contribution in [2.24, 2.45) is 0 Å². The summed E-state index contributed by atoms with van der Waals surface area (Å²) in [7, 11) is 0. The molecule has 0 unspecified atom stereocenters. The minimum absolute atomic E-state index is 0.331. The van der Waals surface area contributed by atoms with Gasteiger partial charge in [0.1, 0.15) is 11.6 Å². The Morgan fingerprint density at radius 3 is 2.67 bits per heavy atom. The van der Waals surface area contributed by atoms with Crippen molar-refractivity contribution >= 4 is 34.0 Å². The van der Waals surface area contributed by atoms with Crippen LogP contribution in [-0.2, 0) is 0 Å². The third-order valence-corrected chi connectivity index (χ3v) is 3.76. The molecule has 0 fully saturated rings. The van der Waals surface area contributed by atoms with Crippen molar-refractivity contribution < 1.29 is 8.81 Å². The van der Waals surface area contributed by atoms with Gasteiger partial charge in [0.05, 0.1) is 17.5 Å². The Kier molecular flexibility index (Phi) is 3.63. The second-order valence-electron chi connectivity index (χ2n) is 5.14. The molecule has 0 radical (unpaired) electrons. The van der Waals surface area contributed by atoms with Crippen molar-refractivity contribution in [3.8, 4) is 11.6 Å².